The van der Waals surface area contributed by atoms with Crippen LogP contribution in [0.15, 0.2) is 30.3 Å². The van der Waals surface area contributed by atoms with Crippen LogP contribution >= 0.6 is 37.2 Å². The van der Waals surface area contributed by atoms with Crippen LogP contribution < -0.4 is 5.32 Å². The zero-order valence-electron chi connectivity index (χ0n) is 15.1. The van der Waals surface area contributed by atoms with Gasteiger partial charge in [0.15, 0.2) is 0 Å². The van der Waals surface area contributed by atoms with Crippen molar-refractivity contribution >= 4 is 37.2 Å². The second-order valence-electron chi connectivity index (χ2n) is 6.92. The third-order valence-corrected chi connectivity index (χ3v) is 5.23. The fraction of sp³-hybridized carbons (Fsp3) is 0.684. The standard InChI is InChI=1S/C19H31N3.3ClH/c1-2-5-18(6-3-1)17-19-7-13-21(14-8-19)11-4-12-22-15-9-20-10-16-22;;;/h1-3,5-6,19-20H,4,7-17H2;3*1H. The van der Waals surface area contributed by atoms with Gasteiger partial charge in [-0.3, -0.25) is 0 Å². The second-order valence-corrected chi connectivity index (χ2v) is 6.92. The highest BCUT2D eigenvalue weighted by atomic mass is 35.5. The van der Waals surface area contributed by atoms with Gasteiger partial charge in [-0.05, 0) is 63.3 Å². The van der Waals surface area contributed by atoms with Gasteiger partial charge in [0, 0.05) is 26.2 Å². The Labute approximate surface area is 172 Å². The third-order valence-electron chi connectivity index (χ3n) is 5.23. The van der Waals surface area contributed by atoms with E-state index in [0.717, 1.165) is 5.92 Å². The minimum atomic E-state index is 0. The first-order chi connectivity index (χ1) is 10.9. The van der Waals surface area contributed by atoms with Gasteiger partial charge in [0.1, 0.15) is 0 Å². The van der Waals surface area contributed by atoms with Crippen LogP contribution in [-0.4, -0.2) is 62.2 Å². The normalized spacial score (nSPS) is 19.4. The number of rotatable bonds is 6. The number of benzene rings is 1. The largest absolute Gasteiger partial charge is 0.314 e. The summed E-state index contributed by atoms with van der Waals surface area (Å²) in [5.74, 6) is 0.895. The van der Waals surface area contributed by atoms with Crippen molar-refractivity contribution in [2.75, 3.05) is 52.4 Å². The molecule has 2 aliphatic rings. The first kappa shape index (κ1) is 25.0. The molecule has 0 unspecified atom stereocenters. The van der Waals surface area contributed by atoms with Crippen molar-refractivity contribution < 1.29 is 0 Å². The van der Waals surface area contributed by atoms with Gasteiger partial charge in [-0.1, -0.05) is 30.3 Å². The molecule has 2 aliphatic heterocycles. The lowest BCUT2D eigenvalue weighted by atomic mass is 9.90. The molecule has 6 heteroatoms. The van der Waals surface area contributed by atoms with Gasteiger partial charge in [0.25, 0.3) is 0 Å². The number of nitrogens with zero attached hydrogens (tertiary/aromatic N) is 2. The zero-order valence-corrected chi connectivity index (χ0v) is 17.5. The third kappa shape index (κ3) is 8.94. The Morgan fingerprint density at radius 2 is 1.36 bits per heavy atom. The summed E-state index contributed by atoms with van der Waals surface area (Å²) in [6, 6.07) is 11.0. The lowest BCUT2D eigenvalue weighted by molar-refractivity contribution is 0.166. The summed E-state index contributed by atoms with van der Waals surface area (Å²) >= 11 is 0. The molecule has 2 fully saturated rings. The van der Waals surface area contributed by atoms with Gasteiger partial charge in [0.2, 0.25) is 0 Å². The molecule has 0 aromatic heterocycles. The summed E-state index contributed by atoms with van der Waals surface area (Å²) in [5, 5.41) is 3.43. The Morgan fingerprint density at radius 3 is 1.96 bits per heavy atom. The number of piperidine rings is 1. The summed E-state index contributed by atoms with van der Waals surface area (Å²) in [5.41, 5.74) is 1.51. The van der Waals surface area contributed by atoms with E-state index < -0.39 is 0 Å². The van der Waals surface area contributed by atoms with Crippen molar-refractivity contribution in [1.82, 2.24) is 15.1 Å². The van der Waals surface area contributed by atoms with Gasteiger partial charge < -0.3 is 15.1 Å². The molecule has 2 heterocycles. The topological polar surface area (TPSA) is 18.5 Å². The smallest absolute Gasteiger partial charge is 0.0107 e. The zero-order chi connectivity index (χ0) is 15.0. The SMILES string of the molecule is Cl.Cl.Cl.c1ccc(CC2CCN(CCCN3CCNCC3)CC2)cc1. The first-order valence-electron chi connectivity index (χ1n) is 9.09. The molecule has 0 bridgehead atoms. The molecule has 0 aliphatic carbocycles. The van der Waals surface area contributed by atoms with E-state index in [1.807, 2.05) is 0 Å². The molecule has 3 rings (SSSR count). The minimum Gasteiger partial charge on any atom is -0.314 e. The molecule has 146 valence electrons. The number of hydrogen-bond acceptors (Lipinski definition) is 3. The fourth-order valence-electron chi connectivity index (χ4n) is 3.81. The van der Waals surface area contributed by atoms with Gasteiger partial charge >= 0.3 is 0 Å². The van der Waals surface area contributed by atoms with Gasteiger partial charge in [-0.15, -0.1) is 37.2 Å². The van der Waals surface area contributed by atoms with Crippen molar-refractivity contribution in [3.63, 3.8) is 0 Å². The fourth-order valence-corrected chi connectivity index (χ4v) is 3.81. The van der Waals surface area contributed by atoms with Crippen LogP contribution in [0.5, 0.6) is 0 Å². The maximum atomic E-state index is 3.43. The van der Waals surface area contributed by atoms with Crippen LogP contribution in [0.1, 0.15) is 24.8 Å². The monoisotopic (exact) mass is 409 g/mol. The van der Waals surface area contributed by atoms with Crippen LogP contribution in [0.2, 0.25) is 0 Å². The highest BCUT2D eigenvalue weighted by molar-refractivity contribution is 5.86. The highest BCUT2D eigenvalue weighted by Crippen LogP contribution is 2.21. The molecule has 25 heavy (non-hydrogen) atoms. The highest BCUT2D eigenvalue weighted by Gasteiger charge is 2.19. The Morgan fingerprint density at radius 1 is 0.800 bits per heavy atom. The Hall–Kier alpha value is -0.0300. The van der Waals surface area contributed by atoms with Gasteiger partial charge in [-0.25, -0.2) is 0 Å². The second kappa shape index (κ2) is 14.1. The predicted molar refractivity (Wildman–Crippen MR) is 115 cm³/mol. The Kier molecular flexibility index (Phi) is 14.1. The maximum absolute atomic E-state index is 3.43. The van der Waals surface area contributed by atoms with Crippen molar-refractivity contribution in [1.29, 1.82) is 0 Å². The molecular formula is C19H34Cl3N3. The quantitative estimate of drug-likeness (QED) is 0.774. The van der Waals surface area contributed by atoms with E-state index >= 15 is 0 Å². The number of nitrogens with one attached hydrogen (secondary N) is 1. The molecule has 1 aromatic rings. The van der Waals surface area contributed by atoms with E-state index in [0.29, 0.717) is 0 Å². The summed E-state index contributed by atoms with van der Waals surface area (Å²) in [4.78, 5) is 5.29. The molecule has 0 radical (unpaired) electrons. The van der Waals surface area contributed by atoms with Crippen LogP contribution in [0.3, 0.4) is 0 Å². The summed E-state index contributed by atoms with van der Waals surface area (Å²) in [6.45, 7) is 10.00. The molecule has 2 saturated heterocycles. The van der Waals surface area contributed by atoms with Crippen LogP contribution in [0.25, 0.3) is 0 Å². The minimum absolute atomic E-state index is 0. The van der Waals surface area contributed by atoms with E-state index in [2.05, 4.69) is 45.4 Å². The molecular weight excluding hydrogens is 377 g/mol. The number of piperazine rings is 1. The molecule has 0 saturated carbocycles. The van der Waals surface area contributed by atoms with Crippen molar-refractivity contribution in [2.24, 2.45) is 5.92 Å². The van der Waals surface area contributed by atoms with Crippen molar-refractivity contribution in [2.45, 2.75) is 25.7 Å². The van der Waals surface area contributed by atoms with Crippen LogP contribution in [0, 0.1) is 5.92 Å². The predicted octanol–water partition coefficient (Wildman–Crippen LogP) is 3.50. The van der Waals surface area contributed by atoms with Crippen molar-refractivity contribution in [3.05, 3.63) is 35.9 Å². The number of halogens is 3. The molecule has 0 spiro atoms. The number of hydrogen-bond donors (Lipinski definition) is 1. The van der Waals surface area contributed by atoms with E-state index in [1.54, 1.807) is 0 Å². The summed E-state index contributed by atoms with van der Waals surface area (Å²) < 4.78 is 0. The summed E-state index contributed by atoms with van der Waals surface area (Å²) in [7, 11) is 0. The van der Waals surface area contributed by atoms with E-state index in [4.69, 9.17) is 0 Å². The molecule has 1 aromatic carbocycles. The first-order valence-corrected chi connectivity index (χ1v) is 9.09. The van der Waals surface area contributed by atoms with Gasteiger partial charge in [0.05, 0.1) is 0 Å². The lowest BCUT2D eigenvalue weighted by Gasteiger charge is -2.33. The number of likely N-dealkylation sites (tertiary alicyclic amines) is 1. The average molecular weight is 411 g/mol. The van der Waals surface area contributed by atoms with Crippen LogP contribution in [0.4, 0.5) is 0 Å². The van der Waals surface area contributed by atoms with E-state index in [9.17, 15) is 0 Å². The van der Waals surface area contributed by atoms with Crippen molar-refractivity contribution in [3.8, 4) is 0 Å². The van der Waals surface area contributed by atoms with Crippen LogP contribution in [-0.2, 0) is 6.42 Å². The Bertz CT molecular complexity index is 419. The molecule has 3 nitrogen and oxygen atoms in total. The average Bonchev–Trinajstić information content (AvgIpc) is 2.58. The van der Waals surface area contributed by atoms with E-state index in [1.165, 1.54) is 83.6 Å². The summed E-state index contributed by atoms with van der Waals surface area (Å²) in [6.07, 6.45) is 5.36. The van der Waals surface area contributed by atoms with Gasteiger partial charge in [-0.2, -0.15) is 0 Å². The maximum Gasteiger partial charge on any atom is 0.0107 e. The molecule has 0 amide bonds. The lowest BCUT2D eigenvalue weighted by Crippen LogP contribution is -2.44. The van der Waals surface area contributed by atoms with E-state index in [-0.39, 0.29) is 37.2 Å². The molecule has 0 atom stereocenters. The molecule has 1 N–H and O–H groups in total. The Balaban J connectivity index is 0.00000192.